The Bertz CT molecular complexity index is 941. The molecule has 10 heteroatoms. The van der Waals surface area contributed by atoms with Crippen LogP contribution in [0.4, 0.5) is 10.5 Å². The third kappa shape index (κ3) is 3.41. The number of carbonyl (C=O) groups is 1. The normalized spacial score (nSPS) is 17.3. The number of aromatic nitrogens is 3. The number of carbonyl (C=O) groups excluding carboxylic acids is 1. The van der Waals surface area contributed by atoms with Crippen molar-refractivity contribution in [1.82, 2.24) is 19.7 Å². The topological polar surface area (TPSA) is 97.2 Å². The summed E-state index contributed by atoms with van der Waals surface area (Å²) in [6.45, 7) is 5.73. The van der Waals surface area contributed by atoms with Crippen molar-refractivity contribution in [2.45, 2.75) is 50.0 Å². The standard InChI is InChI=1S/C16H20ClN5O3S/c1-10(2)26(24,25)14-7-19-22-8-11(3)21(9-13(14)22)16(23)20-12-4-5-18-15(17)6-12/h4-7,10-11H,8-9H2,1-3H3,(H,18,20,23)/t11-/m0/s1. The average molecular weight is 398 g/mol. The Hall–Kier alpha value is -2.13. The van der Waals surface area contributed by atoms with Crippen LogP contribution in [0.25, 0.3) is 0 Å². The summed E-state index contributed by atoms with van der Waals surface area (Å²) in [6.07, 6.45) is 2.88. The number of sulfone groups is 1. The van der Waals surface area contributed by atoms with E-state index in [1.807, 2.05) is 6.92 Å². The molecule has 2 aromatic heterocycles. The second-order valence-electron chi connectivity index (χ2n) is 6.51. The van der Waals surface area contributed by atoms with E-state index in [0.29, 0.717) is 17.9 Å². The summed E-state index contributed by atoms with van der Waals surface area (Å²) in [5.41, 5.74) is 1.05. The molecule has 0 aromatic carbocycles. The first kappa shape index (κ1) is 18.7. The van der Waals surface area contributed by atoms with Gasteiger partial charge in [-0.2, -0.15) is 5.10 Å². The van der Waals surface area contributed by atoms with Crippen LogP contribution in [0, 0.1) is 0 Å². The largest absolute Gasteiger partial charge is 0.322 e. The molecular formula is C16H20ClN5O3S. The van der Waals surface area contributed by atoms with Gasteiger partial charge in [-0.25, -0.2) is 18.2 Å². The van der Waals surface area contributed by atoms with Crippen LogP contribution in [0.3, 0.4) is 0 Å². The Morgan fingerprint density at radius 1 is 1.42 bits per heavy atom. The molecule has 0 fully saturated rings. The van der Waals surface area contributed by atoms with Crippen molar-refractivity contribution in [3.8, 4) is 0 Å². The maximum atomic E-state index is 12.7. The lowest BCUT2D eigenvalue weighted by Crippen LogP contribution is -2.47. The van der Waals surface area contributed by atoms with Gasteiger partial charge in [0, 0.05) is 11.9 Å². The van der Waals surface area contributed by atoms with E-state index >= 15 is 0 Å². The molecule has 140 valence electrons. The first-order chi connectivity index (χ1) is 12.2. The Labute approximate surface area is 157 Å². The zero-order chi connectivity index (χ0) is 19.1. The third-order valence-electron chi connectivity index (χ3n) is 4.37. The molecule has 8 nitrogen and oxygen atoms in total. The van der Waals surface area contributed by atoms with Crippen LogP contribution < -0.4 is 5.32 Å². The van der Waals surface area contributed by atoms with Crippen molar-refractivity contribution >= 4 is 33.2 Å². The molecule has 3 heterocycles. The van der Waals surface area contributed by atoms with Gasteiger partial charge in [0.15, 0.2) is 9.84 Å². The molecule has 0 saturated heterocycles. The second-order valence-corrected chi connectivity index (χ2v) is 9.37. The van der Waals surface area contributed by atoms with Gasteiger partial charge in [-0.3, -0.25) is 4.68 Å². The van der Waals surface area contributed by atoms with Crippen LogP contribution >= 0.6 is 11.6 Å². The van der Waals surface area contributed by atoms with E-state index in [1.165, 1.54) is 12.4 Å². The van der Waals surface area contributed by atoms with E-state index in [2.05, 4.69) is 15.4 Å². The van der Waals surface area contributed by atoms with E-state index in [4.69, 9.17) is 11.6 Å². The maximum Gasteiger partial charge on any atom is 0.322 e. The lowest BCUT2D eigenvalue weighted by Gasteiger charge is -2.34. The molecule has 2 aromatic rings. The van der Waals surface area contributed by atoms with Crippen molar-refractivity contribution < 1.29 is 13.2 Å². The first-order valence-corrected chi connectivity index (χ1v) is 10.1. The van der Waals surface area contributed by atoms with E-state index < -0.39 is 15.1 Å². The summed E-state index contributed by atoms with van der Waals surface area (Å²) >= 11 is 5.84. The Morgan fingerprint density at radius 2 is 2.15 bits per heavy atom. The van der Waals surface area contributed by atoms with Gasteiger partial charge in [0.1, 0.15) is 10.0 Å². The number of nitrogens with one attached hydrogen (secondary N) is 1. The fraction of sp³-hybridized carbons (Fsp3) is 0.438. The number of nitrogens with zero attached hydrogens (tertiary/aromatic N) is 4. The zero-order valence-electron chi connectivity index (χ0n) is 14.7. The van der Waals surface area contributed by atoms with Gasteiger partial charge in [0.2, 0.25) is 0 Å². The van der Waals surface area contributed by atoms with Crippen LogP contribution in [0.1, 0.15) is 26.5 Å². The monoisotopic (exact) mass is 397 g/mol. The van der Waals surface area contributed by atoms with Gasteiger partial charge in [-0.05, 0) is 32.9 Å². The van der Waals surface area contributed by atoms with Crippen molar-refractivity contribution in [3.05, 3.63) is 35.4 Å². The predicted octanol–water partition coefficient (Wildman–Crippen LogP) is 2.55. The summed E-state index contributed by atoms with van der Waals surface area (Å²) in [5.74, 6) is 0. The summed E-state index contributed by atoms with van der Waals surface area (Å²) in [6, 6.07) is 2.71. The minimum Gasteiger partial charge on any atom is -0.314 e. The van der Waals surface area contributed by atoms with Crippen molar-refractivity contribution in [1.29, 1.82) is 0 Å². The van der Waals surface area contributed by atoms with Crippen molar-refractivity contribution in [2.75, 3.05) is 5.32 Å². The molecular weight excluding hydrogens is 378 g/mol. The predicted molar refractivity (Wildman–Crippen MR) is 97.8 cm³/mol. The van der Waals surface area contributed by atoms with Gasteiger partial charge in [-0.1, -0.05) is 11.6 Å². The molecule has 1 N–H and O–H groups in total. The fourth-order valence-corrected chi connectivity index (χ4v) is 4.19. The highest BCUT2D eigenvalue weighted by Gasteiger charge is 2.34. The number of urea groups is 1. The van der Waals surface area contributed by atoms with E-state index in [-0.39, 0.29) is 28.7 Å². The van der Waals surface area contributed by atoms with Gasteiger partial charge in [-0.15, -0.1) is 0 Å². The quantitative estimate of drug-likeness (QED) is 0.802. The molecule has 0 bridgehead atoms. The molecule has 0 saturated carbocycles. The minimum atomic E-state index is -3.47. The molecule has 1 aliphatic heterocycles. The summed E-state index contributed by atoms with van der Waals surface area (Å²) < 4.78 is 26.8. The van der Waals surface area contributed by atoms with Gasteiger partial charge < -0.3 is 10.2 Å². The molecule has 0 aliphatic carbocycles. The molecule has 0 unspecified atom stereocenters. The average Bonchev–Trinajstić information content (AvgIpc) is 2.97. The fourth-order valence-electron chi connectivity index (χ4n) is 2.82. The van der Waals surface area contributed by atoms with Gasteiger partial charge >= 0.3 is 6.03 Å². The lowest BCUT2D eigenvalue weighted by atomic mass is 10.2. The lowest BCUT2D eigenvalue weighted by molar-refractivity contribution is 0.160. The number of pyridine rings is 1. The van der Waals surface area contributed by atoms with Crippen molar-refractivity contribution in [3.63, 3.8) is 0 Å². The highest BCUT2D eigenvalue weighted by Crippen LogP contribution is 2.27. The summed E-state index contributed by atoms with van der Waals surface area (Å²) in [5, 5.41) is 6.69. The van der Waals surface area contributed by atoms with Gasteiger partial charge in [0.25, 0.3) is 0 Å². The zero-order valence-corrected chi connectivity index (χ0v) is 16.3. The van der Waals surface area contributed by atoms with Gasteiger partial charge in [0.05, 0.1) is 36.3 Å². The number of fused-ring (bicyclic) bond motifs is 1. The van der Waals surface area contributed by atoms with E-state index in [1.54, 1.807) is 35.6 Å². The Kier molecular flexibility index (Phi) is 4.94. The van der Waals surface area contributed by atoms with Crippen LogP contribution in [0.15, 0.2) is 29.4 Å². The van der Waals surface area contributed by atoms with Crippen LogP contribution in [0.2, 0.25) is 5.15 Å². The molecule has 2 amide bonds. The number of rotatable bonds is 3. The minimum absolute atomic E-state index is 0.144. The number of anilines is 1. The summed E-state index contributed by atoms with van der Waals surface area (Å²) in [7, 11) is -3.47. The highest BCUT2D eigenvalue weighted by atomic mass is 35.5. The molecule has 1 aliphatic rings. The third-order valence-corrected chi connectivity index (χ3v) is 6.77. The molecule has 0 radical (unpaired) electrons. The first-order valence-electron chi connectivity index (χ1n) is 8.18. The number of halogens is 1. The second kappa shape index (κ2) is 6.88. The Balaban J connectivity index is 1.87. The van der Waals surface area contributed by atoms with Crippen LogP contribution in [0.5, 0.6) is 0 Å². The molecule has 1 atom stereocenters. The smallest absolute Gasteiger partial charge is 0.314 e. The van der Waals surface area contributed by atoms with E-state index in [0.717, 1.165) is 0 Å². The SMILES string of the molecule is CC(C)S(=O)(=O)c1cnn2c1CN(C(=O)Nc1ccnc(Cl)c1)[C@@H](C)C2. The molecule has 3 rings (SSSR count). The van der Waals surface area contributed by atoms with Crippen LogP contribution in [-0.2, 0) is 22.9 Å². The number of hydrogen-bond acceptors (Lipinski definition) is 5. The van der Waals surface area contributed by atoms with Crippen molar-refractivity contribution in [2.24, 2.45) is 0 Å². The molecule has 0 spiro atoms. The highest BCUT2D eigenvalue weighted by molar-refractivity contribution is 7.92. The summed E-state index contributed by atoms with van der Waals surface area (Å²) in [4.78, 5) is 18.3. The Morgan fingerprint density at radius 3 is 2.81 bits per heavy atom. The van der Waals surface area contributed by atoms with Crippen LogP contribution in [-0.4, -0.2) is 45.4 Å². The number of hydrogen-bond donors (Lipinski definition) is 1. The van der Waals surface area contributed by atoms with E-state index in [9.17, 15) is 13.2 Å². The maximum absolute atomic E-state index is 12.7. The number of amides is 2. The molecule has 26 heavy (non-hydrogen) atoms.